The highest BCUT2D eigenvalue weighted by molar-refractivity contribution is 6.31. The second-order valence-electron chi connectivity index (χ2n) is 4.69. The van der Waals surface area contributed by atoms with Crippen LogP contribution in [-0.4, -0.2) is 29.2 Å². The van der Waals surface area contributed by atoms with Crippen LogP contribution in [0.1, 0.15) is 18.4 Å². The van der Waals surface area contributed by atoms with Gasteiger partial charge < -0.3 is 10.0 Å². The summed E-state index contributed by atoms with van der Waals surface area (Å²) < 4.78 is 0. The first-order valence-corrected chi connectivity index (χ1v) is 6.38. The fourth-order valence-corrected chi connectivity index (χ4v) is 2.45. The van der Waals surface area contributed by atoms with Crippen LogP contribution >= 0.6 is 11.6 Å². The fraction of sp³-hybridized carbons (Fsp3) is 0.500. The van der Waals surface area contributed by atoms with Crippen molar-refractivity contribution in [2.75, 3.05) is 13.1 Å². The molecule has 0 radical (unpaired) electrons. The Labute approximate surface area is 110 Å². The number of nitro benzene ring substituents is 1. The molecule has 1 heterocycles. The van der Waals surface area contributed by atoms with Crippen molar-refractivity contribution in [2.45, 2.75) is 25.5 Å². The Morgan fingerprint density at radius 1 is 1.44 bits per heavy atom. The number of likely N-dealkylation sites (tertiary alicyclic amines) is 1. The summed E-state index contributed by atoms with van der Waals surface area (Å²) in [6.45, 7) is 2.42. The number of nitrogens with one attached hydrogen (secondary N) is 1. The third kappa shape index (κ3) is 3.19. The number of nitro groups is 1. The lowest BCUT2D eigenvalue weighted by molar-refractivity contribution is -0.919. The van der Waals surface area contributed by atoms with Crippen molar-refractivity contribution in [3.05, 3.63) is 38.9 Å². The molecule has 1 fully saturated rings. The molecule has 1 aromatic carbocycles. The number of benzene rings is 1. The molecular formula is C12H16ClN2O3+. The molecule has 1 saturated heterocycles. The molecule has 2 rings (SSSR count). The van der Waals surface area contributed by atoms with Crippen molar-refractivity contribution in [3.63, 3.8) is 0 Å². The number of halogens is 1. The normalized spacial score (nSPS) is 23.9. The molecule has 0 aliphatic carbocycles. The van der Waals surface area contributed by atoms with E-state index in [-0.39, 0.29) is 11.8 Å². The van der Waals surface area contributed by atoms with Crippen LogP contribution in [0, 0.1) is 10.1 Å². The average molecular weight is 272 g/mol. The largest absolute Gasteiger partial charge is 0.393 e. The minimum Gasteiger partial charge on any atom is -0.393 e. The van der Waals surface area contributed by atoms with Crippen molar-refractivity contribution in [1.82, 2.24) is 0 Å². The van der Waals surface area contributed by atoms with Gasteiger partial charge >= 0.3 is 0 Å². The highest BCUT2D eigenvalue weighted by atomic mass is 35.5. The predicted molar refractivity (Wildman–Crippen MR) is 67.7 cm³/mol. The van der Waals surface area contributed by atoms with E-state index >= 15 is 0 Å². The Morgan fingerprint density at radius 2 is 2.11 bits per heavy atom. The highest BCUT2D eigenvalue weighted by Crippen LogP contribution is 2.21. The van der Waals surface area contributed by atoms with Crippen molar-refractivity contribution in [2.24, 2.45) is 0 Å². The smallest absolute Gasteiger partial charge is 0.270 e. The number of aliphatic hydroxyl groups is 1. The molecule has 5 nitrogen and oxygen atoms in total. The fourth-order valence-electron chi connectivity index (χ4n) is 2.27. The number of piperidine rings is 1. The van der Waals surface area contributed by atoms with Crippen LogP contribution in [0.5, 0.6) is 0 Å². The third-order valence-electron chi connectivity index (χ3n) is 3.34. The lowest BCUT2D eigenvalue weighted by atomic mass is 10.1. The van der Waals surface area contributed by atoms with E-state index in [0.29, 0.717) is 11.6 Å². The van der Waals surface area contributed by atoms with Crippen molar-refractivity contribution in [1.29, 1.82) is 0 Å². The first kappa shape index (κ1) is 13.3. The van der Waals surface area contributed by atoms with Crippen LogP contribution in [-0.2, 0) is 6.54 Å². The second kappa shape index (κ2) is 5.65. The van der Waals surface area contributed by atoms with E-state index < -0.39 is 4.92 Å². The lowest BCUT2D eigenvalue weighted by Crippen LogP contribution is -3.12. The van der Waals surface area contributed by atoms with Gasteiger partial charge in [0.2, 0.25) is 0 Å². The highest BCUT2D eigenvalue weighted by Gasteiger charge is 2.21. The van der Waals surface area contributed by atoms with E-state index in [2.05, 4.69) is 0 Å². The molecular weight excluding hydrogens is 256 g/mol. The van der Waals surface area contributed by atoms with Gasteiger partial charge in [0.15, 0.2) is 0 Å². The molecule has 0 spiro atoms. The zero-order valence-corrected chi connectivity index (χ0v) is 10.7. The summed E-state index contributed by atoms with van der Waals surface area (Å²) in [6, 6.07) is 4.54. The van der Waals surface area contributed by atoms with Crippen LogP contribution in [0.15, 0.2) is 18.2 Å². The topological polar surface area (TPSA) is 67.8 Å². The molecule has 0 atom stereocenters. The van der Waals surface area contributed by atoms with Crippen molar-refractivity contribution < 1.29 is 14.9 Å². The van der Waals surface area contributed by atoms with Gasteiger partial charge in [0.05, 0.1) is 24.1 Å². The standard InChI is InChI=1S/C12H15ClN2O3/c13-12-2-1-10(15(17)18)7-9(12)8-14-5-3-11(16)4-6-14/h1-2,7,11,16H,3-6,8H2/p+1. The zero-order valence-electron chi connectivity index (χ0n) is 9.93. The van der Waals surface area contributed by atoms with Crippen LogP contribution in [0.25, 0.3) is 0 Å². The van der Waals surface area contributed by atoms with Gasteiger partial charge in [-0.15, -0.1) is 0 Å². The van der Waals surface area contributed by atoms with E-state index in [9.17, 15) is 15.2 Å². The molecule has 18 heavy (non-hydrogen) atoms. The molecule has 98 valence electrons. The summed E-state index contributed by atoms with van der Waals surface area (Å²) in [5.41, 5.74) is 0.878. The van der Waals surface area contributed by atoms with Gasteiger partial charge in [0.1, 0.15) is 6.54 Å². The van der Waals surface area contributed by atoms with Gasteiger partial charge in [-0.1, -0.05) is 11.6 Å². The van der Waals surface area contributed by atoms with Gasteiger partial charge in [-0.25, -0.2) is 0 Å². The summed E-state index contributed by atoms with van der Waals surface area (Å²) in [5.74, 6) is 0. The maximum atomic E-state index is 10.7. The molecule has 2 N–H and O–H groups in total. The Hall–Kier alpha value is -1.17. The molecule has 0 saturated carbocycles. The second-order valence-corrected chi connectivity index (χ2v) is 5.10. The minimum absolute atomic E-state index is 0.0749. The number of hydrogen-bond acceptors (Lipinski definition) is 3. The molecule has 1 aliphatic rings. The van der Waals surface area contributed by atoms with Gasteiger partial charge in [-0.2, -0.15) is 0 Å². The van der Waals surface area contributed by atoms with Gasteiger partial charge in [0.25, 0.3) is 5.69 Å². The van der Waals surface area contributed by atoms with E-state index in [0.717, 1.165) is 31.5 Å². The summed E-state index contributed by atoms with van der Waals surface area (Å²) >= 11 is 6.06. The monoisotopic (exact) mass is 271 g/mol. The summed E-state index contributed by atoms with van der Waals surface area (Å²) in [5, 5.41) is 20.7. The Balaban J connectivity index is 2.08. The molecule has 1 aliphatic heterocycles. The summed E-state index contributed by atoms with van der Waals surface area (Å²) in [7, 11) is 0. The molecule has 6 heteroatoms. The van der Waals surface area contributed by atoms with Crippen LogP contribution in [0.2, 0.25) is 5.02 Å². The zero-order chi connectivity index (χ0) is 13.1. The Kier molecular flexibility index (Phi) is 4.16. The van der Waals surface area contributed by atoms with Crippen LogP contribution < -0.4 is 4.90 Å². The number of aliphatic hydroxyl groups excluding tert-OH is 1. The minimum atomic E-state index is -0.408. The summed E-state index contributed by atoms with van der Waals surface area (Å²) in [6.07, 6.45) is 1.36. The van der Waals surface area contributed by atoms with E-state index in [1.807, 2.05) is 0 Å². The Morgan fingerprint density at radius 3 is 2.72 bits per heavy atom. The van der Waals surface area contributed by atoms with Crippen LogP contribution in [0.3, 0.4) is 0 Å². The molecule has 0 unspecified atom stereocenters. The number of quaternary nitrogens is 1. The predicted octanol–water partition coefficient (Wildman–Crippen LogP) is 0.788. The first-order valence-electron chi connectivity index (χ1n) is 6.00. The van der Waals surface area contributed by atoms with Crippen LogP contribution in [0.4, 0.5) is 5.69 Å². The van der Waals surface area contributed by atoms with Gasteiger partial charge in [-0.05, 0) is 6.07 Å². The molecule has 0 amide bonds. The van der Waals surface area contributed by atoms with Gasteiger partial charge in [0, 0.05) is 35.6 Å². The first-order chi connectivity index (χ1) is 8.56. The molecule has 1 aromatic rings. The van der Waals surface area contributed by atoms with E-state index in [1.165, 1.54) is 11.0 Å². The van der Waals surface area contributed by atoms with E-state index in [1.54, 1.807) is 12.1 Å². The number of rotatable bonds is 3. The molecule has 0 bridgehead atoms. The number of hydrogen-bond donors (Lipinski definition) is 2. The number of nitrogens with zero attached hydrogens (tertiary/aromatic N) is 1. The quantitative estimate of drug-likeness (QED) is 0.631. The van der Waals surface area contributed by atoms with Gasteiger partial charge in [-0.3, -0.25) is 10.1 Å². The maximum absolute atomic E-state index is 10.7. The summed E-state index contributed by atoms with van der Waals surface area (Å²) in [4.78, 5) is 11.6. The van der Waals surface area contributed by atoms with Crippen molar-refractivity contribution >= 4 is 17.3 Å². The third-order valence-corrected chi connectivity index (χ3v) is 3.71. The SMILES string of the molecule is O=[N+]([O-])c1ccc(Cl)c(C[NH+]2CCC(O)CC2)c1. The maximum Gasteiger partial charge on any atom is 0.270 e. The van der Waals surface area contributed by atoms with Crippen molar-refractivity contribution in [3.8, 4) is 0 Å². The Bertz CT molecular complexity index is 445. The lowest BCUT2D eigenvalue weighted by Gasteiger charge is -2.26. The molecule has 0 aromatic heterocycles. The average Bonchev–Trinajstić information content (AvgIpc) is 2.34. The number of non-ortho nitro benzene ring substituents is 1. The van der Waals surface area contributed by atoms with E-state index in [4.69, 9.17) is 11.6 Å².